The van der Waals surface area contributed by atoms with Gasteiger partial charge in [-0.3, -0.25) is 9.59 Å². The first-order valence-corrected chi connectivity index (χ1v) is 6.47. The van der Waals surface area contributed by atoms with Crippen molar-refractivity contribution in [2.24, 2.45) is 58.7 Å². The van der Waals surface area contributed by atoms with Crippen LogP contribution in [-0.4, -0.2) is 22.2 Å². The highest BCUT2D eigenvalue weighted by molar-refractivity contribution is 5.83. The Balaban J connectivity index is 1.63. The summed E-state index contributed by atoms with van der Waals surface area (Å²) in [7, 11) is 0. The van der Waals surface area contributed by atoms with Gasteiger partial charge < -0.3 is 10.2 Å². The van der Waals surface area contributed by atoms with E-state index in [4.69, 9.17) is 0 Å². The second-order valence-corrected chi connectivity index (χ2v) is 6.98. The molecule has 0 saturated heterocycles. The van der Waals surface area contributed by atoms with Crippen LogP contribution in [0.1, 0.15) is 6.92 Å². The molecule has 4 unspecified atom stereocenters. The van der Waals surface area contributed by atoms with E-state index >= 15 is 0 Å². The maximum absolute atomic E-state index is 11.4. The minimum atomic E-state index is -0.873. The molecule has 6 saturated carbocycles. The van der Waals surface area contributed by atoms with Crippen LogP contribution in [0.25, 0.3) is 0 Å². The van der Waals surface area contributed by atoms with Crippen LogP contribution in [0.4, 0.5) is 0 Å². The highest BCUT2D eigenvalue weighted by Crippen LogP contribution is 2.98. The predicted octanol–water partition coefficient (Wildman–Crippen LogP) is 0.776. The molecule has 0 aromatic heterocycles. The van der Waals surface area contributed by atoms with E-state index in [1.165, 1.54) is 0 Å². The predicted molar refractivity (Wildman–Crippen MR) is 54.8 cm³/mol. The average molecular weight is 234 g/mol. The zero-order chi connectivity index (χ0) is 11.9. The first-order valence-electron chi connectivity index (χ1n) is 6.47. The highest BCUT2D eigenvalue weighted by Gasteiger charge is 2.96. The molecule has 6 aliphatic rings. The summed E-state index contributed by atoms with van der Waals surface area (Å²) in [4.78, 5) is 22.8. The van der Waals surface area contributed by atoms with Gasteiger partial charge in [0.15, 0.2) is 0 Å². The molecule has 4 nitrogen and oxygen atoms in total. The third-order valence-electron chi connectivity index (χ3n) is 7.32. The number of carbonyl (C=O) groups is 2. The van der Waals surface area contributed by atoms with Crippen molar-refractivity contribution in [2.45, 2.75) is 6.92 Å². The minimum absolute atomic E-state index is 0.184. The zero-order valence-electron chi connectivity index (χ0n) is 9.41. The fourth-order valence-corrected chi connectivity index (χ4v) is 7.35. The van der Waals surface area contributed by atoms with Gasteiger partial charge in [0.05, 0.1) is 11.8 Å². The van der Waals surface area contributed by atoms with E-state index in [1.54, 1.807) is 0 Å². The largest absolute Gasteiger partial charge is 0.481 e. The highest BCUT2D eigenvalue weighted by atomic mass is 16.4. The van der Waals surface area contributed by atoms with E-state index in [1.807, 2.05) is 0 Å². The SMILES string of the molecule is CC12C3[C@H]4C5[C@@H]3[C@H]1C([C@H]42)[C@H](C(=O)O)[C@@H]5C(=O)O. The Bertz CT molecular complexity index is 478. The third kappa shape index (κ3) is 0.526. The molecular formula is C13H14O4. The monoisotopic (exact) mass is 234 g/mol. The van der Waals surface area contributed by atoms with Crippen LogP contribution in [0.3, 0.4) is 0 Å². The summed E-state index contributed by atoms with van der Waals surface area (Å²) < 4.78 is 0. The molecule has 10 atom stereocenters. The van der Waals surface area contributed by atoms with Crippen molar-refractivity contribution >= 4 is 11.9 Å². The molecular weight excluding hydrogens is 220 g/mol. The van der Waals surface area contributed by atoms with Gasteiger partial charge >= 0.3 is 11.9 Å². The number of aliphatic carboxylic acids is 2. The fourth-order valence-electron chi connectivity index (χ4n) is 7.35. The summed E-state index contributed by atoms with van der Waals surface area (Å²) in [5.74, 6) is 0.418. The summed E-state index contributed by atoms with van der Waals surface area (Å²) in [5.41, 5.74) is 0.424. The number of rotatable bonds is 2. The van der Waals surface area contributed by atoms with Gasteiger partial charge in [0.2, 0.25) is 0 Å². The molecule has 6 fully saturated rings. The lowest BCUT2D eigenvalue weighted by Crippen LogP contribution is -2.97. The molecule has 2 bridgehead atoms. The molecule has 0 radical (unpaired) electrons. The standard InChI is InChI=1S/C13H14O4/c1-13-8-5-2-3(11(14)15)4(12(16)17)7(9(5)13)10(13)6(2)8/h2-10H,1H3,(H,14,15)(H,16,17)/t2?,3-,4-,5-,6+,7?,8?,9+,10+,13?/m1/s1. The van der Waals surface area contributed by atoms with Gasteiger partial charge in [-0.2, -0.15) is 0 Å². The molecule has 0 heterocycles. The molecule has 2 N–H and O–H groups in total. The molecule has 6 rings (SSSR count). The van der Waals surface area contributed by atoms with Crippen molar-refractivity contribution in [3.63, 3.8) is 0 Å². The van der Waals surface area contributed by atoms with Crippen LogP contribution in [0, 0.1) is 58.7 Å². The van der Waals surface area contributed by atoms with Crippen molar-refractivity contribution in [1.82, 2.24) is 0 Å². The van der Waals surface area contributed by atoms with Crippen molar-refractivity contribution in [1.29, 1.82) is 0 Å². The fraction of sp³-hybridized carbons (Fsp3) is 0.846. The lowest BCUT2D eigenvalue weighted by Gasteiger charge is -2.99. The van der Waals surface area contributed by atoms with E-state index < -0.39 is 23.8 Å². The van der Waals surface area contributed by atoms with Crippen LogP contribution in [0.2, 0.25) is 0 Å². The first-order chi connectivity index (χ1) is 8.01. The summed E-state index contributed by atoms with van der Waals surface area (Å²) >= 11 is 0. The van der Waals surface area contributed by atoms with E-state index in [2.05, 4.69) is 6.92 Å². The molecule has 0 spiro atoms. The van der Waals surface area contributed by atoms with Gasteiger partial charge in [-0.25, -0.2) is 0 Å². The summed E-state index contributed by atoms with van der Waals surface area (Å²) in [6, 6.07) is 0. The number of carboxylic acid groups (broad SMARTS) is 2. The Morgan fingerprint density at radius 1 is 0.824 bits per heavy atom. The lowest BCUT2D eigenvalue weighted by molar-refractivity contribution is -0.526. The van der Waals surface area contributed by atoms with Gasteiger partial charge in [0.25, 0.3) is 0 Å². The molecule has 0 aliphatic heterocycles. The second kappa shape index (κ2) is 2.02. The first kappa shape index (κ1) is 8.95. The normalized spacial score (nSPS) is 71.2. The Morgan fingerprint density at radius 2 is 1.24 bits per heavy atom. The molecule has 0 amide bonds. The molecule has 4 heteroatoms. The zero-order valence-corrected chi connectivity index (χ0v) is 9.41. The van der Waals surface area contributed by atoms with Gasteiger partial charge in [-0.05, 0) is 46.8 Å². The number of carboxylic acids is 2. The van der Waals surface area contributed by atoms with Crippen LogP contribution >= 0.6 is 0 Å². The van der Waals surface area contributed by atoms with E-state index in [9.17, 15) is 19.8 Å². The topological polar surface area (TPSA) is 74.6 Å². The Labute approximate surface area is 98.0 Å². The van der Waals surface area contributed by atoms with Crippen LogP contribution in [-0.2, 0) is 9.59 Å². The van der Waals surface area contributed by atoms with Crippen molar-refractivity contribution in [3.05, 3.63) is 0 Å². The molecule has 90 valence electrons. The minimum Gasteiger partial charge on any atom is -0.481 e. The van der Waals surface area contributed by atoms with Crippen molar-refractivity contribution < 1.29 is 19.8 Å². The lowest BCUT2D eigenvalue weighted by atomic mass is 9.04. The van der Waals surface area contributed by atoms with Gasteiger partial charge in [0, 0.05) is 0 Å². The van der Waals surface area contributed by atoms with Crippen molar-refractivity contribution in [3.8, 4) is 0 Å². The van der Waals surface area contributed by atoms with Crippen LogP contribution in [0.5, 0.6) is 0 Å². The second-order valence-electron chi connectivity index (χ2n) is 6.98. The van der Waals surface area contributed by atoms with E-state index in [0.29, 0.717) is 29.1 Å². The molecule has 6 aliphatic carbocycles. The van der Waals surface area contributed by atoms with Crippen LogP contribution in [0.15, 0.2) is 0 Å². The quantitative estimate of drug-likeness (QED) is 0.740. The average Bonchev–Trinajstić information content (AvgIpc) is 2.24. The van der Waals surface area contributed by atoms with Gasteiger partial charge in [-0.15, -0.1) is 0 Å². The van der Waals surface area contributed by atoms with E-state index in [-0.39, 0.29) is 11.8 Å². The third-order valence-corrected chi connectivity index (χ3v) is 7.32. The molecule has 0 aromatic rings. The maximum atomic E-state index is 11.4. The Morgan fingerprint density at radius 3 is 1.71 bits per heavy atom. The summed E-state index contributed by atoms with van der Waals surface area (Å²) in [5, 5.41) is 18.7. The maximum Gasteiger partial charge on any atom is 0.307 e. The summed E-state index contributed by atoms with van der Waals surface area (Å²) in [6.45, 7) is 2.30. The molecule has 0 aromatic carbocycles. The van der Waals surface area contributed by atoms with Gasteiger partial charge in [0.1, 0.15) is 0 Å². The van der Waals surface area contributed by atoms with Crippen LogP contribution < -0.4 is 0 Å². The molecule has 17 heavy (non-hydrogen) atoms. The Kier molecular flexibility index (Phi) is 1.06. The number of hydrogen-bond acceptors (Lipinski definition) is 2. The number of hydrogen-bond donors (Lipinski definition) is 2. The van der Waals surface area contributed by atoms with Gasteiger partial charge in [-0.1, -0.05) is 6.92 Å². The smallest absolute Gasteiger partial charge is 0.307 e. The Hall–Kier alpha value is -1.06. The number of fused-ring (bicyclic) bond motifs is 1. The summed E-state index contributed by atoms with van der Waals surface area (Å²) in [6.07, 6.45) is 0. The van der Waals surface area contributed by atoms with Crippen molar-refractivity contribution in [2.75, 3.05) is 0 Å². The van der Waals surface area contributed by atoms with E-state index in [0.717, 1.165) is 5.92 Å².